The van der Waals surface area contributed by atoms with Gasteiger partial charge in [-0.1, -0.05) is 30.3 Å². The zero-order valence-corrected chi connectivity index (χ0v) is 10.3. The summed E-state index contributed by atoms with van der Waals surface area (Å²) in [6, 6.07) is 11.0. The number of anilines is 1. The van der Waals surface area contributed by atoms with Gasteiger partial charge in [-0.15, -0.1) is 11.3 Å². The van der Waals surface area contributed by atoms with Crippen LogP contribution in [-0.2, 0) is 0 Å². The van der Waals surface area contributed by atoms with Crippen LogP contribution < -0.4 is 5.73 Å². The van der Waals surface area contributed by atoms with Crippen molar-refractivity contribution in [2.45, 2.75) is 0 Å². The molecule has 0 spiro atoms. The van der Waals surface area contributed by atoms with Crippen LogP contribution in [-0.4, -0.2) is 10.8 Å². The molecule has 18 heavy (non-hydrogen) atoms. The van der Waals surface area contributed by atoms with Gasteiger partial charge >= 0.3 is 0 Å². The van der Waals surface area contributed by atoms with E-state index in [1.54, 1.807) is 24.5 Å². The highest BCUT2D eigenvalue weighted by Crippen LogP contribution is 2.34. The van der Waals surface area contributed by atoms with Crippen LogP contribution in [0.15, 0.2) is 48.8 Å². The summed E-state index contributed by atoms with van der Waals surface area (Å²) in [6.07, 6.45) is 3.40. The van der Waals surface area contributed by atoms with E-state index in [1.165, 1.54) is 11.3 Å². The second-order valence-electron chi connectivity index (χ2n) is 3.91. The Kier molecular flexibility index (Phi) is 2.57. The van der Waals surface area contributed by atoms with Gasteiger partial charge in [-0.2, -0.15) is 0 Å². The predicted molar refractivity (Wildman–Crippen MR) is 73.9 cm³/mol. The van der Waals surface area contributed by atoms with Gasteiger partial charge in [0.25, 0.3) is 0 Å². The van der Waals surface area contributed by atoms with Crippen molar-refractivity contribution < 1.29 is 4.79 Å². The van der Waals surface area contributed by atoms with Crippen molar-refractivity contribution in [2.24, 2.45) is 0 Å². The van der Waals surface area contributed by atoms with Gasteiger partial charge in [0.05, 0.1) is 10.6 Å². The number of benzene rings is 1. The van der Waals surface area contributed by atoms with Crippen molar-refractivity contribution in [3.63, 3.8) is 0 Å². The molecule has 0 aliphatic carbocycles. The molecule has 88 valence electrons. The molecule has 0 fully saturated rings. The van der Waals surface area contributed by atoms with Crippen LogP contribution in [0.2, 0.25) is 0 Å². The molecule has 0 unspecified atom stereocenters. The summed E-state index contributed by atoms with van der Waals surface area (Å²) >= 11 is 1.41. The number of fused-ring (bicyclic) bond motifs is 1. The standard InChI is InChI=1S/C14H10N2OS/c15-12-10-8-16-7-6-11(10)18-14(12)13(17)9-4-2-1-3-5-9/h1-8H,15H2. The summed E-state index contributed by atoms with van der Waals surface area (Å²) in [5.74, 6) is -0.0331. The second-order valence-corrected chi connectivity index (χ2v) is 4.96. The number of aromatic nitrogens is 1. The Labute approximate surface area is 108 Å². The maximum atomic E-state index is 12.3. The first-order valence-electron chi connectivity index (χ1n) is 5.49. The van der Waals surface area contributed by atoms with Crippen LogP contribution >= 0.6 is 11.3 Å². The third-order valence-electron chi connectivity index (χ3n) is 2.77. The van der Waals surface area contributed by atoms with Gasteiger partial charge in [0, 0.05) is 28.0 Å². The molecule has 0 radical (unpaired) electrons. The number of carbonyl (C=O) groups excluding carboxylic acids is 1. The van der Waals surface area contributed by atoms with Crippen molar-refractivity contribution in [2.75, 3.05) is 5.73 Å². The van der Waals surface area contributed by atoms with Crippen LogP contribution in [0.4, 0.5) is 5.69 Å². The van der Waals surface area contributed by atoms with Gasteiger partial charge in [0.2, 0.25) is 5.78 Å². The Balaban J connectivity index is 2.15. The van der Waals surface area contributed by atoms with Crippen LogP contribution in [0, 0.1) is 0 Å². The molecule has 3 aromatic rings. The first-order chi connectivity index (χ1) is 8.77. The van der Waals surface area contributed by atoms with Gasteiger partial charge < -0.3 is 5.73 Å². The van der Waals surface area contributed by atoms with E-state index in [2.05, 4.69) is 4.98 Å². The zero-order chi connectivity index (χ0) is 12.5. The van der Waals surface area contributed by atoms with Gasteiger partial charge in [0.15, 0.2) is 0 Å². The first-order valence-corrected chi connectivity index (χ1v) is 6.31. The number of ketones is 1. The third-order valence-corrected chi connectivity index (χ3v) is 3.96. The molecule has 2 heterocycles. The van der Waals surface area contributed by atoms with Crippen LogP contribution in [0.5, 0.6) is 0 Å². The Morgan fingerprint density at radius 1 is 1.17 bits per heavy atom. The highest BCUT2D eigenvalue weighted by molar-refractivity contribution is 7.21. The number of carbonyl (C=O) groups is 1. The van der Waals surface area contributed by atoms with Gasteiger partial charge in [-0.05, 0) is 6.07 Å². The highest BCUT2D eigenvalue weighted by Gasteiger charge is 2.17. The molecule has 0 saturated heterocycles. The molecule has 0 saturated carbocycles. The van der Waals surface area contributed by atoms with E-state index >= 15 is 0 Å². The fourth-order valence-corrected chi connectivity index (χ4v) is 2.90. The van der Waals surface area contributed by atoms with Gasteiger partial charge in [-0.25, -0.2) is 0 Å². The van der Waals surface area contributed by atoms with E-state index in [9.17, 15) is 4.79 Å². The molecule has 0 aliphatic heterocycles. The lowest BCUT2D eigenvalue weighted by atomic mass is 10.1. The van der Waals surface area contributed by atoms with E-state index in [-0.39, 0.29) is 5.78 Å². The summed E-state index contributed by atoms with van der Waals surface area (Å²) in [6.45, 7) is 0. The van der Waals surface area contributed by atoms with Crippen molar-refractivity contribution in [1.82, 2.24) is 4.98 Å². The highest BCUT2D eigenvalue weighted by atomic mass is 32.1. The van der Waals surface area contributed by atoms with Crippen molar-refractivity contribution >= 4 is 32.9 Å². The second kappa shape index (κ2) is 4.23. The number of pyridine rings is 1. The first kappa shape index (κ1) is 10.9. The summed E-state index contributed by atoms with van der Waals surface area (Å²) in [4.78, 5) is 17.0. The van der Waals surface area contributed by atoms with Crippen molar-refractivity contribution in [3.05, 3.63) is 59.2 Å². The number of hydrogen-bond donors (Lipinski definition) is 1. The van der Waals surface area contributed by atoms with E-state index in [1.807, 2.05) is 24.3 Å². The molecule has 0 atom stereocenters. The van der Waals surface area contributed by atoms with Crippen LogP contribution in [0.25, 0.3) is 10.1 Å². The lowest BCUT2D eigenvalue weighted by Gasteiger charge is -1.98. The van der Waals surface area contributed by atoms with Crippen LogP contribution in [0.3, 0.4) is 0 Å². The maximum absolute atomic E-state index is 12.3. The Hall–Kier alpha value is -2.20. The molecule has 3 rings (SSSR count). The minimum Gasteiger partial charge on any atom is -0.397 e. The summed E-state index contributed by atoms with van der Waals surface area (Å²) < 4.78 is 0.988. The van der Waals surface area contributed by atoms with Crippen molar-refractivity contribution in [1.29, 1.82) is 0 Å². The average molecular weight is 254 g/mol. The number of thiophene rings is 1. The lowest BCUT2D eigenvalue weighted by molar-refractivity contribution is 0.104. The molecule has 0 bridgehead atoms. The largest absolute Gasteiger partial charge is 0.397 e. The van der Waals surface area contributed by atoms with Gasteiger partial charge in [-0.3, -0.25) is 9.78 Å². The molecule has 0 aliphatic rings. The normalized spacial score (nSPS) is 10.7. The fraction of sp³-hybridized carbons (Fsp3) is 0. The third kappa shape index (κ3) is 1.67. The average Bonchev–Trinajstić information content (AvgIpc) is 2.77. The Bertz CT molecular complexity index is 719. The SMILES string of the molecule is Nc1c(C(=O)c2ccccc2)sc2ccncc12. The Morgan fingerprint density at radius 2 is 1.94 bits per heavy atom. The molecular formula is C14H10N2OS. The van der Waals surface area contributed by atoms with Crippen LogP contribution in [0.1, 0.15) is 15.2 Å². The molecule has 1 aromatic carbocycles. The minimum atomic E-state index is -0.0331. The smallest absolute Gasteiger partial charge is 0.205 e. The van der Waals surface area contributed by atoms with E-state index in [0.717, 1.165) is 10.1 Å². The van der Waals surface area contributed by atoms with E-state index < -0.39 is 0 Å². The number of nitrogen functional groups attached to an aromatic ring is 1. The molecule has 0 amide bonds. The quantitative estimate of drug-likeness (QED) is 0.715. The summed E-state index contributed by atoms with van der Waals surface area (Å²) in [5.41, 5.74) is 7.21. The maximum Gasteiger partial charge on any atom is 0.205 e. The number of nitrogens with zero attached hydrogens (tertiary/aromatic N) is 1. The van der Waals surface area contributed by atoms with E-state index in [0.29, 0.717) is 16.1 Å². The monoisotopic (exact) mass is 254 g/mol. The molecule has 4 heteroatoms. The summed E-state index contributed by atoms with van der Waals surface area (Å²) in [5, 5.41) is 0.849. The Morgan fingerprint density at radius 3 is 2.67 bits per heavy atom. The minimum absolute atomic E-state index is 0.0331. The zero-order valence-electron chi connectivity index (χ0n) is 9.46. The molecule has 2 aromatic heterocycles. The lowest BCUT2D eigenvalue weighted by Crippen LogP contribution is -2.01. The van der Waals surface area contributed by atoms with Crippen molar-refractivity contribution in [3.8, 4) is 0 Å². The van der Waals surface area contributed by atoms with E-state index in [4.69, 9.17) is 5.73 Å². The number of hydrogen-bond acceptors (Lipinski definition) is 4. The number of rotatable bonds is 2. The molecule has 3 nitrogen and oxygen atoms in total. The number of nitrogens with two attached hydrogens (primary N) is 1. The fourth-order valence-electron chi connectivity index (χ4n) is 1.85. The van der Waals surface area contributed by atoms with Gasteiger partial charge in [0.1, 0.15) is 0 Å². The topological polar surface area (TPSA) is 56.0 Å². The molecular weight excluding hydrogens is 244 g/mol. The predicted octanol–water partition coefficient (Wildman–Crippen LogP) is 3.11. The molecule has 2 N–H and O–H groups in total. The summed E-state index contributed by atoms with van der Waals surface area (Å²) in [7, 11) is 0.